The van der Waals surface area contributed by atoms with E-state index in [4.69, 9.17) is 0 Å². The lowest BCUT2D eigenvalue weighted by Crippen LogP contribution is -2.37. The first-order valence-corrected chi connectivity index (χ1v) is 8.08. The number of aromatic amines is 1. The van der Waals surface area contributed by atoms with E-state index in [1.165, 1.54) is 0 Å². The molecule has 2 N–H and O–H groups in total. The van der Waals surface area contributed by atoms with Gasteiger partial charge in [-0.3, -0.25) is 4.79 Å². The Kier molecular flexibility index (Phi) is 6.13. The van der Waals surface area contributed by atoms with E-state index in [0.29, 0.717) is 18.1 Å². The average Bonchev–Trinajstić information content (AvgIpc) is 3.02. The van der Waals surface area contributed by atoms with E-state index in [1.54, 1.807) is 24.4 Å². The van der Waals surface area contributed by atoms with Crippen molar-refractivity contribution in [1.82, 2.24) is 10.3 Å². The van der Waals surface area contributed by atoms with Crippen LogP contribution in [-0.4, -0.2) is 16.8 Å². The van der Waals surface area contributed by atoms with Crippen molar-refractivity contribution in [3.8, 4) is 11.8 Å². The lowest BCUT2D eigenvalue weighted by atomic mass is 10.1. The molecule has 0 saturated heterocycles. The Morgan fingerprint density at radius 1 is 1.35 bits per heavy atom. The summed E-state index contributed by atoms with van der Waals surface area (Å²) in [6.45, 7) is 6.38. The first-order valence-electron chi connectivity index (χ1n) is 8.08. The van der Waals surface area contributed by atoms with Crippen LogP contribution in [0.3, 0.4) is 0 Å². The van der Waals surface area contributed by atoms with Crippen molar-refractivity contribution < 1.29 is 13.6 Å². The third-order valence-electron chi connectivity index (χ3n) is 3.64. The van der Waals surface area contributed by atoms with Crippen LogP contribution >= 0.6 is 0 Å². The molecular weight excluding hydrogens is 334 g/mol. The number of aromatic nitrogens is 1. The number of benzene rings is 1. The molecule has 1 aromatic carbocycles. The highest BCUT2D eigenvalue weighted by Gasteiger charge is 2.31. The third-order valence-corrected chi connectivity index (χ3v) is 3.64. The molecule has 0 atom stereocenters. The van der Waals surface area contributed by atoms with Crippen LogP contribution in [0.1, 0.15) is 25.0 Å². The van der Waals surface area contributed by atoms with Gasteiger partial charge in [-0.05, 0) is 24.6 Å². The SMILES string of the molecule is C=c1[nH]cc/c1=C(C#Cc1ccccc1CNC(=O)C(C)(F)F)/C=C\C. The minimum atomic E-state index is -3.41. The Morgan fingerprint density at radius 3 is 2.69 bits per heavy atom. The number of nitrogens with one attached hydrogen (secondary N) is 2. The first-order chi connectivity index (χ1) is 12.3. The van der Waals surface area contributed by atoms with Crippen LogP contribution in [0.5, 0.6) is 0 Å². The zero-order valence-electron chi connectivity index (χ0n) is 14.7. The highest BCUT2D eigenvalue weighted by Crippen LogP contribution is 2.13. The summed E-state index contributed by atoms with van der Waals surface area (Å²) in [7, 11) is 0. The molecule has 1 amide bonds. The van der Waals surface area contributed by atoms with Gasteiger partial charge >= 0.3 is 5.92 Å². The Bertz CT molecular complexity index is 985. The molecule has 0 aliphatic heterocycles. The minimum absolute atomic E-state index is 0.0171. The summed E-state index contributed by atoms with van der Waals surface area (Å²) in [5.74, 6) is 1.43. The highest BCUT2D eigenvalue weighted by molar-refractivity contribution is 5.82. The summed E-state index contributed by atoms with van der Waals surface area (Å²) in [5, 5.41) is 3.89. The number of hydrogen-bond acceptors (Lipinski definition) is 1. The summed E-state index contributed by atoms with van der Waals surface area (Å²) in [6, 6.07) is 9.00. The van der Waals surface area contributed by atoms with E-state index in [9.17, 15) is 13.6 Å². The molecule has 5 heteroatoms. The van der Waals surface area contributed by atoms with Crippen molar-refractivity contribution in [2.45, 2.75) is 26.3 Å². The summed E-state index contributed by atoms with van der Waals surface area (Å²) in [5.41, 5.74) is 2.12. The van der Waals surface area contributed by atoms with Gasteiger partial charge in [-0.15, -0.1) is 0 Å². The van der Waals surface area contributed by atoms with Crippen molar-refractivity contribution >= 4 is 18.1 Å². The monoisotopic (exact) mass is 354 g/mol. The Hall–Kier alpha value is -3.13. The molecule has 1 heterocycles. The normalized spacial score (nSPS) is 12.5. The molecule has 0 aliphatic carbocycles. The summed E-state index contributed by atoms with van der Waals surface area (Å²) in [6.07, 6.45) is 5.55. The molecular formula is C21H20F2N2O. The zero-order chi connectivity index (χ0) is 19.2. The molecule has 2 aromatic rings. The predicted molar refractivity (Wildman–Crippen MR) is 99.6 cm³/mol. The molecule has 134 valence electrons. The van der Waals surface area contributed by atoms with Crippen molar-refractivity contribution in [1.29, 1.82) is 0 Å². The van der Waals surface area contributed by atoms with Gasteiger partial charge in [0, 0.05) is 41.4 Å². The zero-order valence-corrected chi connectivity index (χ0v) is 14.7. The summed E-state index contributed by atoms with van der Waals surface area (Å²) in [4.78, 5) is 14.4. The van der Waals surface area contributed by atoms with Gasteiger partial charge in [0.15, 0.2) is 0 Å². The minimum Gasteiger partial charge on any atom is -0.362 e. The number of amides is 1. The second kappa shape index (κ2) is 8.30. The highest BCUT2D eigenvalue weighted by atomic mass is 19.3. The van der Waals surface area contributed by atoms with E-state index >= 15 is 0 Å². The fraction of sp³-hybridized carbons (Fsp3) is 0.190. The molecule has 26 heavy (non-hydrogen) atoms. The van der Waals surface area contributed by atoms with Crippen LogP contribution in [0.4, 0.5) is 8.78 Å². The van der Waals surface area contributed by atoms with Gasteiger partial charge < -0.3 is 10.3 Å². The molecule has 0 fully saturated rings. The van der Waals surface area contributed by atoms with Gasteiger partial charge in [0.25, 0.3) is 5.91 Å². The van der Waals surface area contributed by atoms with Crippen LogP contribution in [0.25, 0.3) is 12.2 Å². The van der Waals surface area contributed by atoms with Gasteiger partial charge in [-0.2, -0.15) is 8.78 Å². The number of alkyl halides is 2. The number of carbonyl (C=O) groups excluding carboxylic acids is 1. The molecule has 3 nitrogen and oxygen atoms in total. The number of rotatable bonds is 4. The van der Waals surface area contributed by atoms with E-state index in [0.717, 1.165) is 16.1 Å². The van der Waals surface area contributed by atoms with Gasteiger partial charge in [0.1, 0.15) is 0 Å². The van der Waals surface area contributed by atoms with Crippen LogP contribution in [0, 0.1) is 11.8 Å². The molecule has 1 aromatic heterocycles. The molecule has 0 spiro atoms. The first kappa shape index (κ1) is 19.2. The van der Waals surface area contributed by atoms with Crippen LogP contribution in [-0.2, 0) is 11.3 Å². The second-order valence-corrected chi connectivity index (χ2v) is 5.76. The Labute approximate surface area is 151 Å². The number of allylic oxidation sites excluding steroid dienone is 2. The smallest absolute Gasteiger partial charge is 0.321 e. The predicted octanol–water partition coefficient (Wildman–Crippen LogP) is 2.47. The molecule has 0 unspecified atom stereocenters. The van der Waals surface area contributed by atoms with E-state index < -0.39 is 11.8 Å². The molecule has 2 rings (SSSR count). The van der Waals surface area contributed by atoms with Crippen molar-refractivity contribution in [2.75, 3.05) is 0 Å². The van der Waals surface area contributed by atoms with Crippen molar-refractivity contribution in [2.24, 2.45) is 0 Å². The lowest BCUT2D eigenvalue weighted by Gasteiger charge is -2.11. The third kappa shape index (κ3) is 4.93. The lowest BCUT2D eigenvalue weighted by molar-refractivity contribution is -0.143. The van der Waals surface area contributed by atoms with Crippen molar-refractivity contribution in [3.05, 3.63) is 70.4 Å². The molecule has 0 aliphatic rings. The number of carbonyl (C=O) groups is 1. The maximum atomic E-state index is 13.0. The van der Waals surface area contributed by atoms with E-state index in [-0.39, 0.29) is 6.54 Å². The largest absolute Gasteiger partial charge is 0.362 e. The second-order valence-electron chi connectivity index (χ2n) is 5.76. The van der Waals surface area contributed by atoms with Gasteiger partial charge in [-0.25, -0.2) is 0 Å². The molecule has 0 radical (unpaired) electrons. The number of H-pyrrole nitrogens is 1. The quantitative estimate of drug-likeness (QED) is 0.814. The Balaban J connectivity index is 2.35. The topological polar surface area (TPSA) is 44.9 Å². The molecule has 0 bridgehead atoms. The van der Waals surface area contributed by atoms with Crippen LogP contribution < -0.4 is 15.9 Å². The number of halogens is 2. The fourth-order valence-electron chi connectivity index (χ4n) is 2.28. The van der Waals surface area contributed by atoms with Gasteiger partial charge in [0.05, 0.1) is 0 Å². The van der Waals surface area contributed by atoms with Gasteiger partial charge in [0.2, 0.25) is 0 Å². The van der Waals surface area contributed by atoms with Crippen molar-refractivity contribution in [3.63, 3.8) is 0 Å². The standard InChI is InChI=1S/C21H20F2N2O/c1-4-7-17(19-12-13-24-15(19)2)11-10-16-8-5-6-9-18(16)14-25-20(26)21(3,22)23/h4-9,12-13,24H,2,14H2,1,3H3,(H,25,26)/b7-4-,19-17+. The number of hydrogen-bond donors (Lipinski definition) is 2. The average molecular weight is 354 g/mol. The van der Waals surface area contributed by atoms with Gasteiger partial charge in [-0.1, -0.05) is 48.8 Å². The van der Waals surface area contributed by atoms with Crippen LogP contribution in [0.15, 0.2) is 48.7 Å². The summed E-state index contributed by atoms with van der Waals surface area (Å²) >= 11 is 0. The van der Waals surface area contributed by atoms with E-state index in [1.807, 2.05) is 31.2 Å². The maximum Gasteiger partial charge on any atom is 0.321 e. The summed E-state index contributed by atoms with van der Waals surface area (Å²) < 4.78 is 26.0. The van der Waals surface area contributed by atoms with E-state index in [2.05, 4.69) is 28.7 Å². The fourth-order valence-corrected chi connectivity index (χ4v) is 2.28. The Morgan fingerprint density at radius 2 is 2.08 bits per heavy atom. The molecule has 0 saturated carbocycles. The van der Waals surface area contributed by atoms with Crippen LogP contribution in [0.2, 0.25) is 0 Å². The maximum absolute atomic E-state index is 13.0.